The molecule has 15 nitrogen and oxygen atoms in total. The Kier molecular flexibility index (Phi) is 21.2. The van der Waals surface area contributed by atoms with Crippen molar-refractivity contribution in [1.82, 2.24) is 0 Å². The number of rotatable bonds is 18. The van der Waals surface area contributed by atoms with Gasteiger partial charge in [-0.15, -0.1) is 0 Å². The maximum Gasteiger partial charge on any atom is 0.550 e. The van der Waals surface area contributed by atoms with Gasteiger partial charge in [-0.2, -0.15) is 14.4 Å². The fourth-order valence-electron chi connectivity index (χ4n) is 10.3. The minimum absolute atomic E-state index is 0.265. The molecule has 380 valence electrons. The number of carbonyl (C=O) groups excluding carboxylic acids is 6. The number of hydrogen-bond donors (Lipinski definition) is 0. The molecule has 0 N–H and O–H groups in total. The molecule has 3 aromatic carbocycles. The van der Waals surface area contributed by atoms with Crippen LogP contribution in [0.5, 0.6) is 0 Å². The van der Waals surface area contributed by atoms with Gasteiger partial charge in [-0.1, -0.05) is 76.4 Å². The van der Waals surface area contributed by atoms with E-state index in [0.717, 1.165) is 113 Å². The second kappa shape index (κ2) is 27.9. The lowest BCUT2D eigenvalue weighted by Gasteiger charge is -2.45. The van der Waals surface area contributed by atoms with Crippen LogP contribution < -0.4 is 0 Å². The molecule has 6 rings (SSSR count). The highest BCUT2D eigenvalue weighted by Crippen LogP contribution is 2.48. The van der Waals surface area contributed by atoms with Gasteiger partial charge in [-0.25, -0.2) is 43.7 Å². The highest BCUT2D eigenvalue weighted by Gasteiger charge is 2.42. The Hall–Kier alpha value is -6.12. The molecule has 70 heavy (non-hydrogen) atoms. The summed E-state index contributed by atoms with van der Waals surface area (Å²) in [5.74, 6) is -1.18. The highest BCUT2D eigenvalue weighted by atomic mass is 17.2. The number of hydrogen-bond acceptors (Lipinski definition) is 15. The standard InChI is InChI=1S/C55H70O15/c1-4-7-10-37-13-19-43(20-14-37)50(56)65-68-53(59)62-46-31-25-40(26-32-46)49(41-27-33-47(34-28-41)63-54(60)69-66-51(57)44-21-15-38(16-22-44)11-8-5-2)42-29-35-48(36-30-42)64-55(61)70-67-52(58)45-23-17-39(18-24-45)12-9-6-3/h13-24,40-42,46-49H,4-12,25-36H2,1-3H3. The molecule has 0 amide bonds. The first kappa shape index (κ1) is 53.2. The van der Waals surface area contributed by atoms with E-state index in [1.807, 2.05) is 36.4 Å². The number of aryl methyl sites for hydroxylation is 3. The Morgan fingerprint density at radius 1 is 0.371 bits per heavy atom. The summed E-state index contributed by atoms with van der Waals surface area (Å²) in [6.45, 7) is 6.35. The van der Waals surface area contributed by atoms with Crippen LogP contribution in [0.15, 0.2) is 72.8 Å². The first-order valence-corrected chi connectivity index (χ1v) is 25.6. The summed E-state index contributed by atoms with van der Waals surface area (Å²) in [7, 11) is 0. The molecule has 3 aromatic rings. The van der Waals surface area contributed by atoms with Crippen molar-refractivity contribution in [1.29, 1.82) is 0 Å². The summed E-state index contributed by atoms with van der Waals surface area (Å²) in [4.78, 5) is 104. The van der Waals surface area contributed by atoms with Crippen LogP contribution in [-0.4, -0.2) is 54.7 Å². The zero-order chi connectivity index (χ0) is 49.7. The fourth-order valence-corrected chi connectivity index (χ4v) is 10.3. The fraction of sp³-hybridized carbons (Fsp3) is 0.564. The maximum absolute atomic E-state index is 12.6. The van der Waals surface area contributed by atoms with Crippen molar-refractivity contribution in [3.05, 3.63) is 106 Å². The van der Waals surface area contributed by atoms with E-state index in [1.165, 1.54) is 0 Å². The van der Waals surface area contributed by atoms with Crippen molar-refractivity contribution in [2.24, 2.45) is 23.7 Å². The van der Waals surface area contributed by atoms with Gasteiger partial charge < -0.3 is 14.2 Å². The minimum atomic E-state index is -1.07. The largest absolute Gasteiger partial charge is 0.550 e. The number of carbonyl (C=O) groups is 6. The van der Waals surface area contributed by atoms with Gasteiger partial charge in [0.15, 0.2) is 0 Å². The Morgan fingerprint density at radius 3 is 0.843 bits per heavy atom. The Morgan fingerprint density at radius 2 is 0.614 bits per heavy atom. The monoisotopic (exact) mass is 970 g/mol. The summed E-state index contributed by atoms with van der Waals surface area (Å²) >= 11 is 0. The van der Waals surface area contributed by atoms with Gasteiger partial charge in [0.1, 0.15) is 18.3 Å². The molecule has 3 fully saturated rings. The molecule has 0 aromatic heterocycles. The Labute approximate surface area is 411 Å². The number of unbranched alkanes of at least 4 members (excludes halogenated alkanes) is 3. The molecule has 3 aliphatic carbocycles. The van der Waals surface area contributed by atoms with Gasteiger partial charge in [0.2, 0.25) is 0 Å². The average Bonchev–Trinajstić information content (AvgIpc) is 3.39. The first-order valence-electron chi connectivity index (χ1n) is 25.6. The van der Waals surface area contributed by atoms with Crippen LogP contribution in [0.25, 0.3) is 0 Å². The second-order valence-corrected chi connectivity index (χ2v) is 19.1. The van der Waals surface area contributed by atoms with Gasteiger partial charge >= 0.3 is 36.4 Å². The van der Waals surface area contributed by atoms with E-state index < -0.39 is 54.7 Å². The molecule has 0 aliphatic heterocycles. The van der Waals surface area contributed by atoms with Crippen molar-refractivity contribution >= 4 is 36.4 Å². The topological polar surface area (TPSA) is 185 Å². The summed E-state index contributed by atoms with van der Waals surface area (Å²) in [5, 5.41) is 0. The first-order chi connectivity index (χ1) is 34.0. The molecule has 3 aliphatic rings. The van der Waals surface area contributed by atoms with Crippen LogP contribution >= 0.6 is 0 Å². The third-order valence-corrected chi connectivity index (χ3v) is 14.2. The molecule has 0 saturated heterocycles. The molecule has 0 bridgehead atoms. The van der Waals surface area contributed by atoms with Gasteiger partial charge in [-0.3, -0.25) is 0 Å². The van der Waals surface area contributed by atoms with E-state index in [9.17, 15) is 28.8 Å². The molecule has 15 heteroatoms. The third kappa shape index (κ3) is 16.8. The van der Waals surface area contributed by atoms with E-state index in [0.29, 0.717) is 56.3 Å². The summed E-state index contributed by atoms with van der Waals surface area (Å²) in [5.41, 5.74) is 4.12. The van der Waals surface area contributed by atoms with Crippen LogP contribution in [-0.2, 0) is 62.8 Å². The van der Waals surface area contributed by atoms with Crippen molar-refractivity contribution in [2.75, 3.05) is 0 Å². The molecule has 0 spiro atoms. The number of benzene rings is 3. The summed E-state index contributed by atoms with van der Waals surface area (Å²) < 4.78 is 16.8. The molecule has 3 saturated carbocycles. The van der Waals surface area contributed by atoms with E-state index in [2.05, 4.69) is 20.8 Å². The molecular formula is C55H70O15. The lowest BCUT2D eigenvalue weighted by Crippen LogP contribution is -2.39. The molecular weight excluding hydrogens is 901 g/mol. The summed E-state index contributed by atoms with van der Waals surface area (Å²) in [6.07, 6.45) is 12.9. The van der Waals surface area contributed by atoms with Crippen LogP contribution in [0.4, 0.5) is 14.4 Å². The smallest absolute Gasteiger partial charge is 0.428 e. The SMILES string of the molecule is CCCCc1ccc(C(=O)OOC(=O)OC2CCC(C(C3CCC(OC(=O)OOC(=O)c4ccc(CCCC)cc4)CC3)C3CCC(OC(=O)OOC(=O)c4ccc(CCCC)cc4)CC3)CC2)cc1. The lowest BCUT2D eigenvalue weighted by atomic mass is 9.61. The van der Waals surface area contributed by atoms with Crippen LogP contribution in [0.1, 0.15) is 184 Å². The predicted molar refractivity (Wildman–Crippen MR) is 255 cm³/mol. The van der Waals surface area contributed by atoms with Crippen molar-refractivity contribution < 1.29 is 72.3 Å². The third-order valence-electron chi connectivity index (χ3n) is 14.2. The van der Waals surface area contributed by atoms with E-state index in [-0.39, 0.29) is 22.6 Å². The van der Waals surface area contributed by atoms with Gasteiger partial charge in [0.25, 0.3) is 0 Å². The van der Waals surface area contributed by atoms with E-state index in [1.54, 1.807) is 36.4 Å². The second-order valence-electron chi connectivity index (χ2n) is 19.1. The van der Waals surface area contributed by atoms with Crippen LogP contribution in [0, 0.1) is 23.7 Å². The van der Waals surface area contributed by atoms with E-state index >= 15 is 0 Å². The van der Waals surface area contributed by atoms with Gasteiger partial charge in [0, 0.05) is 0 Å². The Balaban J connectivity index is 0.980. The Bertz CT molecular complexity index is 1870. The molecule has 0 radical (unpaired) electrons. The van der Waals surface area contributed by atoms with Crippen molar-refractivity contribution in [3.8, 4) is 0 Å². The molecule has 0 unspecified atom stereocenters. The predicted octanol–water partition coefficient (Wildman–Crippen LogP) is 13.1. The quantitative estimate of drug-likeness (QED) is 0.0507. The normalized spacial score (nSPS) is 21.5. The van der Waals surface area contributed by atoms with Gasteiger partial charge in [0.05, 0.1) is 16.7 Å². The zero-order valence-electron chi connectivity index (χ0n) is 40.9. The van der Waals surface area contributed by atoms with Crippen molar-refractivity contribution in [3.63, 3.8) is 0 Å². The lowest BCUT2D eigenvalue weighted by molar-refractivity contribution is -0.209. The summed E-state index contributed by atoms with van der Waals surface area (Å²) in [6, 6.07) is 21.0. The van der Waals surface area contributed by atoms with Crippen LogP contribution in [0.3, 0.4) is 0 Å². The van der Waals surface area contributed by atoms with Gasteiger partial charge in [-0.05, 0) is 192 Å². The highest BCUT2D eigenvalue weighted by molar-refractivity contribution is 5.90. The molecule has 0 heterocycles. The van der Waals surface area contributed by atoms with E-state index in [4.69, 9.17) is 43.5 Å². The minimum Gasteiger partial charge on any atom is -0.428 e. The van der Waals surface area contributed by atoms with Crippen LogP contribution in [0.2, 0.25) is 0 Å². The average molecular weight is 971 g/mol. The molecule has 0 atom stereocenters. The van der Waals surface area contributed by atoms with Crippen molar-refractivity contribution in [2.45, 2.75) is 174 Å². The zero-order valence-corrected chi connectivity index (χ0v) is 40.9. The number of ether oxygens (including phenoxy) is 3. The maximum atomic E-state index is 12.6.